The highest BCUT2D eigenvalue weighted by molar-refractivity contribution is 5.73. The lowest BCUT2D eigenvalue weighted by molar-refractivity contribution is 0.120. The molecular weight excluding hydrogens is 298 g/mol. The molecule has 122 valence electrons. The number of nitrogens with one attached hydrogen (secondary N) is 1. The lowest BCUT2D eigenvalue weighted by atomic mass is 9.96. The van der Waals surface area contributed by atoms with Gasteiger partial charge in [-0.15, -0.1) is 5.53 Å². The Morgan fingerprint density at radius 2 is 1.96 bits per heavy atom. The molecule has 2 heterocycles. The van der Waals surface area contributed by atoms with Gasteiger partial charge in [-0.1, -0.05) is 30.3 Å². The van der Waals surface area contributed by atoms with Gasteiger partial charge in [-0.2, -0.15) is 0 Å². The number of benzene rings is 2. The van der Waals surface area contributed by atoms with Crippen LogP contribution in [0.5, 0.6) is 5.75 Å². The van der Waals surface area contributed by atoms with Crippen LogP contribution in [-0.4, -0.2) is 17.7 Å². The van der Waals surface area contributed by atoms with Gasteiger partial charge in [-0.05, 0) is 43.4 Å². The number of nitrogens with zero attached hydrogens (tertiary/aromatic N) is 2. The molecule has 1 fully saturated rings. The van der Waals surface area contributed by atoms with Gasteiger partial charge in [0.25, 0.3) is 0 Å². The van der Waals surface area contributed by atoms with Crippen molar-refractivity contribution in [3.8, 4) is 5.75 Å². The Morgan fingerprint density at radius 1 is 1.04 bits per heavy atom. The van der Waals surface area contributed by atoms with E-state index in [0.717, 1.165) is 24.4 Å². The van der Waals surface area contributed by atoms with Crippen molar-refractivity contribution >= 4 is 11.4 Å². The molecule has 2 aromatic rings. The number of rotatable bonds is 3. The average molecular weight is 319 g/mol. The minimum Gasteiger partial charge on any atom is -0.490 e. The normalized spacial score (nSPS) is 19.4. The second kappa shape index (κ2) is 5.56. The fourth-order valence-corrected chi connectivity index (χ4v) is 3.53. The topological polar surface area (TPSA) is 27.7 Å². The first-order valence-electron chi connectivity index (χ1n) is 8.77. The molecule has 4 nitrogen and oxygen atoms in total. The number of hydrogen-bond acceptors (Lipinski definition) is 4. The van der Waals surface area contributed by atoms with E-state index in [1.807, 2.05) is 6.07 Å². The molecule has 1 aliphatic carbocycles. The standard InChI is InChI=1S/C20H21N3O/c1-2-10-19-15(5-1)11-12-22-20(19)14-23(21-22)16-6-3-9-18(13-16)24-17-7-4-8-17/h1-3,5-6,9-10,13-14,17,21H,4,7-8,11-12H2. The van der Waals surface area contributed by atoms with Crippen molar-refractivity contribution in [2.45, 2.75) is 31.8 Å². The van der Waals surface area contributed by atoms with Gasteiger partial charge < -0.3 is 4.74 Å². The van der Waals surface area contributed by atoms with E-state index in [1.54, 1.807) is 0 Å². The molecule has 0 saturated heterocycles. The highest BCUT2D eigenvalue weighted by atomic mass is 16.5. The molecule has 1 saturated carbocycles. The molecule has 5 rings (SSSR count). The quantitative estimate of drug-likeness (QED) is 0.933. The third kappa shape index (κ3) is 2.34. The summed E-state index contributed by atoms with van der Waals surface area (Å²) in [4.78, 5) is 0. The Kier molecular flexibility index (Phi) is 3.23. The summed E-state index contributed by atoms with van der Waals surface area (Å²) in [6.45, 7) is 0.984. The Bertz CT molecular complexity index is 797. The average Bonchev–Trinajstić information content (AvgIpc) is 3.03. The third-order valence-electron chi connectivity index (χ3n) is 5.12. The number of hydrazine groups is 2. The SMILES string of the molecule is C1=C2c3ccccc3CCN2NN1c1cccc(OC2CCC2)c1. The van der Waals surface area contributed by atoms with Crippen LogP contribution < -0.4 is 15.3 Å². The van der Waals surface area contributed by atoms with E-state index in [1.165, 1.54) is 36.1 Å². The molecule has 0 spiro atoms. The Balaban J connectivity index is 1.43. The van der Waals surface area contributed by atoms with Crippen molar-refractivity contribution < 1.29 is 4.74 Å². The van der Waals surface area contributed by atoms with E-state index >= 15 is 0 Å². The van der Waals surface area contributed by atoms with Gasteiger partial charge >= 0.3 is 0 Å². The summed E-state index contributed by atoms with van der Waals surface area (Å²) in [7, 11) is 0. The monoisotopic (exact) mass is 319 g/mol. The van der Waals surface area contributed by atoms with Crippen molar-refractivity contribution in [2.75, 3.05) is 11.6 Å². The molecule has 2 aliphatic heterocycles. The van der Waals surface area contributed by atoms with Gasteiger partial charge in [0.15, 0.2) is 0 Å². The van der Waals surface area contributed by atoms with Crippen LogP contribution >= 0.6 is 0 Å². The van der Waals surface area contributed by atoms with E-state index in [0.29, 0.717) is 6.10 Å². The summed E-state index contributed by atoms with van der Waals surface area (Å²) in [6, 6.07) is 17.0. The van der Waals surface area contributed by atoms with E-state index in [-0.39, 0.29) is 0 Å². The zero-order chi connectivity index (χ0) is 15.9. The predicted molar refractivity (Wildman–Crippen MR) is 95.2 cm³/mol. The summed E-state index contributed by atoms with van der Waals surface area (Å²) >= 11 is 0. The maximum absolute atomic E-state index is 6.04. The first-order chi connectivity index (χ1) is 11.9. The number of anilines is 1. The molecule has 3 aliphatic rings. The first kappa shape index (κ1) is 13.9. The molecule has 0 amide bonds. The zero-order valence-corrected chi connectivity index (χ0v) is 13.6. The Labute approximate surface area is 142 Å². The van der Waals surface area contributed by atoms with Crippen LogP contribution in [0.25, 0.3) is 5.70 Å². The van der Waals surface area contributed by atoms with Crippen LogP contribution in [0.2, 0.25) is 0 Å². The van der Waals surface area contributed by atoms with E-state index in [9.17, 15) is 0 Å². The van der Waals surface area contributed by atoms with Crippen LogP contribution in [0.3, 0.4) is 0 Å². The highest BCUT2D eigenvalue weighted by Crippen LogP contribution is 2.34. The third-order valence-corrected chi connectivity index (χ3v) is 5.12. The van der Waals surface area contributed by atoms with Gasteiger partial charge in [0.2, 0.25) is 0 Å². The van der Waals surface area contributed by atoms with Crippen molar-refractivity contribution in [3.63, 3.8) is 0 Å². The maximum atomic E-state index is 6.04. The number of hydrogen-bond donors (Lipinski definition) is 1. The Morgan fingerprint density at radius 3 is 2.83 bits per heavy atom. The number of ether oxygens (including phenoxy) is 1. The fourth-order valence-electron chi connectivity index (χ4n) is 3.53. The largest absolute Gasteiger partial charge is 0.490 e. The summed E-state index contributed by atoms with van der Waals surface area (Å²) in [5.74, 6) is 0.961. The molecule has 0 atom stereocenters. The molecule has 0 aromatic heterocycles. The van der Waals surface area contributed by atoms with Crippen molar-refractivity contribution in [1.29, 1.82) is 0 Å². The van der Waals surface area contributed by atoms with Crippen LogP contribution in [0.1, 0.15) is 30.4 Å². The second-order valence-corrected chi connectivity index (χ2v) is 6.71. The lowest BCUT2D eigenvalue weighted by Gasteiger charge is -2.29. The van der Waals surface area contributed by atoms with Crippen molar-refractivity contribution in [3.05, 3.63) is 65.9 Å². The summed E-state index contributed by atoms with van der Waals surface area (Å²) in [5.41, 5.74) is 8.56. The van der Waals surface area contributed by atoms with Crippen LogP contribution in [-0.2, 0) is 6.42 Å². The molecule has 4 heteroatoms. The second-order valence-electron chi connectivity index (χ2n) is 6.71. The maximum Gasteiger partial charge on any atom is 0.121 e. The van der Waals surface area contributed by atoms with Crippen molar-refractivity contribution in [2.24, 2.45) is 0 Å². The molecule has 0 unspecified atom stereocenters. The van der Waals surface area contributed by atoms with Crippen LogP contribution in [0, 0.1) is 0 Å². The van der Waals surface area contributed by atoms with Crippen molar-refractivity contribution in [1.82, 2.24) is 10.5 Å². The van der Waals surface area contributed by atoms with Crippen LogP contribution in [0.15, 0.2) is 54.7 Å². The van der Waals surface area contributed by atoms with Gasteiger partial charge in [0.05, 0.1) is 17.5 Å². The van der Waals surface area contributed by atoms with Crippen LogP contribution in [0.4, 0.5) is 5.69 Å². The predicted octanol–water partition coefficient (Wildman–Crippen LogP) is 3.71. The first-order valence-corrected chi connectivity index (χ1v) is 8.77. The van der Waals surface area contributed by atoms with E-state index in [2.05, 4.69) is 64.2 Å². The molecule has 1 N–H and O–H groups in total. The summed E-state index contributed by atoms with van der Waals surface area (Å²) < 4.78 is 6.04. The van der Waals surface area contributed by atoms with Gasteiger partial charge in [-0.25, -0.2) is 0 Å². The van der Waals surface area contributed by atoms with Gasteiger partial charge in [0, 0.05) is 24.4 Å². The van der Waals surface area contributed by atoms with Gasteiger partial charge in [-0.3, -0.25) is 10.0 Å². The summed E-state index contributed by atoms with van der Waals surface area (Å²) in [6.07, 6.45) is 7.31. The van der Waals surface area contributed by atoms with E-state index in [4.69, 9.17) is 4.74 Å². The molecular formula is C20H21N3O. The summed E-state index contributed by atoms with van der Waals surface area (Å²) in [5, 5.41) is 4.31. The fraction of sp³-hybridized carbons (Fsp3) is 0.300. The highest BCUT2D eigenvalue weighted by Gasteiger charge is 2.28. The zero-order valence-electron chi connectivity index (χ0n) is 13.6. The molecule has 0 bridgehead atoms. The van der Waals surface area contributed by atoms with E-state index < -0.39 is 0 Å². The molecule has 24 heavy (non-hydrogen) atoms. The Hall–Kier alpha value is -2.46. The molecule has 0 radical (unpaired) electrons. The smallest absolute Gasteiger partial charge is 0.121 e. The molecule has 2 aromatic carbocycles. The minimum absolute atomic E-state index is 0.406. The lowest BCUT2D eigenvalue weighted by Crippen LogP contribution is -2.42. The van der Waals surface area contributed by atoms with Gasteiger partial charge in [0.1, 0.15) is 5.75 Å². The number of fused-ring (bicyclic) bond motifs is 3. The minimum atomic E-state index is 0.406.